The zero-order chi connectivity index (χ0) is 13.8. The molecule has 0 bridgehead atoms. The summed E-state index contributed by atoms with van der Waals surface area (Å²) in [7, 11) is 1.31. The van der Waals surface area contributed by atoms with Crippen LogP contribution in [0.25, 0.3) is 0 Å². The van der Waals surface area contributed by atoms with Crippen molar-refractivity contribution < 1.29 is 28.9 Å². The summed E-state index contributed by atoms with van der Waals surface area (Å²) in [5.74, 6) is -0.354. The molecule has 0 aromatic carbocycles. The third-order valence-corrected chi connectivity index (χ3v) is 2.77. The second-order valence-corrected chi connectivity index (χ2v) is 4.47. The van der Waals surface area contributed by atoms with Gasteiger partial charge in [0.1, 0.15) is 5.72 Å². The van der Waals surface area contributed by atoms with Crippen molar-refractivity contribution in [1.82, 2.24) is 4.90 Å². The molecule has 1 aliphatic rings. The predicted octanol–water partition coefficient (Wildman–Crippen LogP) is 0.681. The summed E-state index contributed by atoms with van der Waals surface area (Å²) >= 11 is 0. The summed E-state index contributed by atoms with van der Waals surface area (Å²) in [4.78, 5) is 23.2. The van der Waals surface area contributed by atoms with Crippen LogP contribution in [0.15, 0.2) is 0 Å². The van der Waals surface area contributed by atoms with Crippen LogP contribution in [0.1, 0.15) is 20.3 Å². The van der Waals surface area contributed by atoms with Gasteiger partial charge >= 0.3 is 12.1 Å². The summed E-state index contributed by atoms with van der Waals surface area (Å²) in [5, 5.41) is 9.12. The summed E-state index contributed by atoms with van der Waals surface area (Å²) in [6, 6.07) is -0.352. The minimum atomic E-state index is -1.04. The highest BCUT2D eigenvalue weighted by atomic mass is 16.5. The molecule has 1 amide bonds. The first kappa shape index (κ1) is 14.7. The third-order valence-electron chi connectivity index (χ3n) is 2.77. The van der Waals surface area contributed by atoms with Crippen molar-refractivity contribution in [2.45, 2.75) is 32.0 Å². The van der Waals surface area contributed by atoms with Crippen molar-refractivity contribution in [2.24, 2.45) is 0 Å². The molecule has 0 spiro atoms. The van der Waals surface area contributed by atoms with Gasteiger partial charge in [0.15, 0.2) is 0 Å². The predicted molar refractivity (Wildman–Crippen MR) is 61.1 cm³/mol. The summed E-state index contributed by atoms with van der Waals surface area (Å²) < 4.78 is 15.1. The summed E-state index contributed by atoms with van der Waals surface area (Å²) in [6.45, 7) is 4.08. The Morgan fingerprint density at radius 2 is 2.17 bits per heavy atom. The number of rotatable bonds is 5. The van der Waals surface area contributed by atoms with Gasteiger partial charge in [-0.3, -0.25) is 9.69 Å². The number of carbonyl (C=O) groups excluding carboxylic acids is 1. The van der Waals surface area contributed by atoms with Gasteiger partial charge in [-0.05, 0) is 13.8 Å². The standard InChI is InChI=1S/C11H19NO6/c1-11(2)12(10(14)15)8(7-18-11)6-17-5-4-9(13)16-3/h8H,4-7H2,1-3H3,(H,14,15)/t8-/m1/s1. The van der Waals surface area contributed by atoms with E-state index in [9.17, 15) is 9.59 Å². The molecule has 1 N–H and O–H groups in total. The highest BCUT2D eigenvalue weighted by Gasteiger charge is 2.43. The number of ether oxygens (including phenoxy) is 3. The van der Waals surface area contributed by atoms with E-state index in [1.54, 1.807) is 13.8 Å². The lowest BCUT2D eigenvalue weighted by Gasteiger charge is -2.30. The van der Waals surface area contributed by atoms with E-state index < -0.39 is 11.8 Å². The quantitative estimate of drug-likeness (QED) is 0.578. The van der Waals surface area contributed by atoms with Crippen molar-refractivity contribution in [1.29, 1.82) is 0 Å². The maximum absolute atomic E-state index is 11.1. The summed E-state index contributed by atoms with van der Waals surface area (Å²) in [6.07, 6.45) is -0.889. The molecule has 1 fully saturated rings. The number of hydrogen-bond acceptors (Lipinski definition) is 5. The average Bonchev–Trinajstić information content (AvgIpc) is 2.59. The van der Waals surface area contributed by atoms with Crippen LogP contribution >= 0.6 is 0 Å². The summed E-state index contributed by atoms with van der Waals surface area (Å²) in [5.41, 5.74) is -0.845. The molecule has 1 heterocycles. The van der Waals surface area contributed by atoms with Crippen LogP contribution in [0.4, 0.5) is 4.79 Å². The zero-order valence-electron chi connectivity index (χ0n) is 10.8. The molecule has 0 saturated carbocycles. The molecule has 1 aliphatic heterocycles. The van der Waals surface area contributed by atoms with Crippen molar-refractivity contribution in [2.75, 3.05) is 26.9 Å². The second kappa shape index (κ2) is 6.01. The van der Waals surface area contributed by atoms with Crippen molar-refractivity contribution in [3.8, 4) is 0 Å². The Labute approximate surface area is 106 Å². The molecule has 7 nitrogen and oxygen atoms in total. The van der Waals surface area contributed by atoms with E-state index >= 15 is 0 Å². The van der Waals surface area contributed by atoms with Gasteiger partial charge in [-0.25, -0.2) is 4.79 Å². The van der Waals surface area contributed by atoms with Gasteiger partial charge in [0.2, 0.25) is 0 Å². The minimum Gasteiger partial charge on any atom is -0.469 e. The van der Waals surface area contributed by atoms with Crippen LogP contribution < -0.4 is 0 Å². The Balaban J connectivity index is 2.38. The first-order valence-electron chi connectivity index (χ1n) is 5.69. The lowest BCUT2D eigenvalue weighted by Crippen LogP contribution is -2.48. The highest BCUT2D eigenvalue weighted by molar-refractivity contribution is 5.69. The molecular formula is C11H19NO6. The van der Waals surface area contributed by atoms with E-state index in [2.05, 4.69) is 4.74 Å². The minimum absolute atomic E-state index is 0.153. The molecule has 1 saturated heterocycles. The first-order chi connectivity index (χ1) is 8.38. The maximum atomic E-state index is 11.1. The second-order valence-electron chi connectivity index (χ2n) is 4.47. The number of carboxylic acid groups (broad SMARTS) is 1. The Morgan fingerprint density at radius 1 is 1.50 bits per heavy atom. The van der Waals surface area contributed by atoms with Crippen LogP contribution in [0, 0.1) is 0 Å². The van der Waals surface area contributed by atoms with E-state index in [0.717, 1.165) is 0 Å². The van der Waals surface area contributed by atoms with Gasteiger partial charge in [-0.2, -0.15) is 0 Å². The number of carbonyl (C=O) groups is 2. The van der Waals surface area contributed by atoms with Crippen molar-refractivity contribution in [3.05, 3.63) is 0 Å². The molecule has 0 radical (unpaired) electrons. The fourth-order valence-electron chi connectivity index (χ4n) is 1.87. The fraction of sp³-hybridized carbons (Fsp3) is 0.818. The normalized spacial score (nSPS) is 21.9. The van der Waals surface area contributed by atoms with Crippen molar-refractivity contribution >= 4 is 12.1 Å². The van der Waals surface area contributed by atoms with Crippen molar-refractivity contribution in [3.63, 3.8) is 0 Å². The Bertz CT molecular complexity index is 317. The number of methoxy groups -OCH3 is 1. The number of hydrogen-bond donors (Lipinski definition) is 1. The monoisotopic (exact) mass is 261 g/mol. The number of esters is 1. The molecule has 18 heavy (non-hydrogen) atoms. The van der Waals surface area contributed by atoms with E-state index in [-0.39, 0.29) is 38.3 Å². The van der Waals surface area contributed by atoms with E-state index in [4.69, 9.17) is 14.6 Å². The van der Waals surface area contributed by atoms with Crippen LogP contribution in [-0.2, 0) is 19.0 Å². The molecule has 1 rings (SSSR count). The fourth-order valence-corrected chi connectivity index (χ4v) is 1.87. The molecule has 0 aromatic rings. The van der Waals surface area contributed by atoms with Gasteiger partial charge in [0, 0.05) is 0 Å². The molecule has 1 atom stereocenters. The van der Waals surface area contributed by atoms with Gasteiger partial charge in [-0.15, -0.1) is 0 Å². The Hall–Kier alpha value is -1.34. The smallest absolute Gasteiger partial charge is 0.409 e. The van der Waals surface area contributed by atoms with E-state index in [0.29, 0.717) is 0 Å². The first-order valence-corrected chi connectivity index (χ1v) is 5.69. The molecule has 7 heteroatoms. The molecule has 0 aliphatic carbocycles. The van der Waals surface area contributed by atoms with Crippen LogP contribution in [-0.4, -0.2) is 60.8 Å². The Morgan fingerprint density at radius 3 is 2.72 bits per heavy atom. The molecule has 0 unspecified atom stereocenters. The number of amides is 1. The largest absolute Gasteiger partial charge is 0.469 e. The SMILES string of the molecule is COC(=O)CCOC[C@@H]1COC(C)(C)N1C(=O)O. The highest BCUT2D eigenvalue weighted by Crippen LogP contribution is 2.27. The van der Waals surface area contributed by atoms with E-state index in [1.807, 2.05) is 0 Å². The third kappa shape index (κ3) is 3.58. The van der Waals surface area contributed by atoms with E-state index in [1.165, 1.54) is 12.0 Å². The van der Waals surface area contributed by atoms with Gasteiger partial charge in [0.25, 0.3) is 0 Å². The topological polar surface area (TPSA) is 85.3 Å². The van der Waals surface area contributed by atoms with Gasteiger partial charge in [-0.1, -0.05) is 0 Å². The van der Waals surface area contributed by atoms with Crippen LogP contribution in [0.5, 0.6) is 0 Å². The molecule has 104 valence electrons. The van der Waals surface area contributed by atoms with Crippen LogP contribution in [0.3, 0.4) is 0 Å². The lowest BCUT2D eigenvalue weighted by molar-refractivity contribution is -0.142. The average molecular weight is 261 g/mol. The maximum Gasteiger partial charge on any atom is 0.409 e. The lowest BCUT2D eigenvalue weighted by atomic mass is 10.2. The molecular weight excluding hydrogens is 242 g/mol. The zero-order valence-corrected chi connectivity index (χ0v) is 10.8. The van der Waals surface area contributed by atoms with Gasteiger partial charge in [0.05, 0.1) is 39.4 Å². The Kier molecular flexibility index (Phi) is 4.92. The van der Waals surface area contributed by atoms with Gasteiger partial charge < -0.3 is 19.3 Å². The van der Waals surface area contributed by atoms with Crippen LogP contribution in [0.2, 0.25) is 0 Å². The molecule has 0 aromatic heterocycles. The number of nitrogens with zero attached hydrogens (tertiary/aromatic N) is 1.